The molecule has 0 bridgehead atoms. The second-order valence-corrected chi connectivity index (χ2v) is 6.73. The minimum atomic E-state index is -3.30. The van der Waals surface area contributed by atoms with E-state index in [0.29, 0.717) is 11.3 Å². The maximum Gasteiger partial charge on any atom is 0.255 e. The Morgan fingerprint density at radius 3 is 2.29 bits per heavy atom. The number of amides is 1. The van der Waals surface area contributed by atoms with Gasteiger partial charge in [0, 0.05) is 17.5 Å². The van der Waals surface area contributed by atoms with Crippen LogP contribution in [0, 0.1) is 12.7 Å². The highest BCUT2D eigenvalue weighted by molar-refractivity contribution is 7.90. The van der Waals surface area contributed by atoms with Crippen molar-refractivity contribution in [2.24, 2.45) is 0 Å². The quantitative estimate of drug-likeness (QED) is 0.948. The lowest BCUT2D eigenvalue weighted by atomic mass is 10.1. The molecule has 0 unspecified atom stereocenters. The van der Waals surface area contributed by atoms with Gasteiger partial charge in [0.2, 0.25) is 0 Å². The zero-order valence-electron chi connectivity index (χ0n) is 11.6. The number of benzene rings is 2. The van der Waals surface area contributed by atoms with Crippen LogP contribution in [0.15, 0.2) is 47.4 Å². The zero-order valence-corrected chi connectivity index (χ0v) is 12.4. The Morgan fingerprint density at radius 2 is 1.71 bits per heavy atom. The summed E-state index contributed by atoms with van der Waals surface area (Å²) in [5.74, 6) is -0.868. The molecule has 110 valence electrons. The first-order valence-electron chi connectivity index (χ1n) is 6.15. The van der Waals surface area contributed by atoms with Crippen LogP contribution in [0.2, 0.25) is 0 Å². The molecular weight excluding hydrogens is 293 g/mol. The summed E-state index contributed by atoms with van der Waals surface area (Å²) in [6.45, 7) is 1.75. The predicted octanol–water partition coefficient (Wildman–Crippen LogP) is 2.79. The molecule has 0 saturated heterocycles. The van der Waals surface area contributed by atoms with Gasteiger partial charge in [0.05, 0.1) is 4.90 Å². The summed E-state index contributed by atoms with van der Waals surface area (Å²) in [5, 5.41) is 2.60. The third-order valence-electron chi connectivity index (χ3n) is 2.99. The molecule has 0 spiro atoms. The average Bonchev–Trinajstić information content (AvgIpc) is 2.42. The largest absolute Gasteiger partial charge is 0.322 e. The lowest BCUT2D eigenvalue weighted by Gasteiger charge is -2.09. The van der Waals surface area contributed by atoms with Crippen LogP contribution in [0.3, 0.4) is 0 Å². The van der Waals surface area contributed by atoms with Crippen molar-refractivity contribution < 1.29 is 17.6 Å². The Kier molecular flexibility index (Phi) is 4.09. The normalized spacial score (nSPS) is 11.2. The smallest absolute Gasteiger partial charge is 0.255 e. The molecule has 4 nitrogen and oxygen atoms in total. The minimum Gasteiger partial charge on any atom is -0.322 e. The molecule has 1 amide bonds. The molecular formula is C15H14FNO3S. The highest BCUT2D eigenvalue weighted by Crippen LogP contribution is 2.18. The standard InChI is InChI=1S/C15H14FNO3S/c1-10-3-6-12(16)9-14(10)17-15(18)11-4-7-13(8-5-11)21(2,19)20/h3-9H,1-2H3,(H,17,18). The monoisotopic (exact) mass is 307 g/mol. The van der Waals surface area contributed by atoms with E-state index in [4.69, 9.17) is 0 Å². The lowest BCUT2D eigenvalue weighted by Crippen LogP contribution is -2.13. The summed E-state index contributed by atoms with van der Waals surface area (Å²) in [5.41, 5.74) is 1.41. The molecule has 2 aromatic carbocycles. The van der Waals surface area contributed by atoms with Crippen molar-refractivity contribution in [1.82, 2.24) is 0 Å². The molecule has 0 aromatic heterocycles. The Labute approximate surface area is 122 Å². The second-order valence-electron chi connectivity index (χ2n) is 4.71. The molecule has 0 aliphatic heterocycles. The number of sulfone groups is 1. The highest BCUT2D eigenvalue weighted by Gasteiger charge is 2.11. The van der Waals surface area contributed by atoms with Gasteiger partial charge in [0.15, 0.2) is 9.84 Å². The fourth-order valence-corrected chi connectivity index (χ4v) is 2.41. The third-order valence-corrected chi connectivity index (χ3v) is 4.12. The van der Waals surface area contributed by atoms with Crippen LogP contribution in [0.25, 0.3) is 0 Å². The average molecular weight is 307 g/mol. The lowest BCUT2D eigenvalue weighted by molar-refractivity contribution is 0.102. The number of carbonyl (C=O) groups is 1. The van der Waals surface area contributed by atoms with E-state index in [-0.39, 0.29) is 4.90 Å². The first-order valence-corrected chi connectivity index (χ1v) is 8.04. The first kappa shape index (κ1) is 15.2. The number of carbonyl (C=O) groups excluding carboxylic acids is 1. The maximum atomic E-state index is 13.2. The number of anilines is 1. The number of hydrogen-bond donors (Lipinski definition) is 1. The van der Waals surface area contributed by atoms with Crippen molar-refractivity contribution in [3.63, 3.8) is 0 Å². The van der Waals surface area contributed by atoms with Gasteiger partial charge in [0.25, 0.3) is 5.91 Å². The van der Waals surface area contributed by atoms with Gasteiger partial charge in [-0.2, -0.15) is 0 Å². The molecule has 6 heteroatoms. The van der Waals surface area contributed by atoms with Gasteiger partial charge in [-0.1, -0.05) is 6.07 Å². The van der Waals surface area contributed by atoms with Crippen LogP contribution >= 0.6 is 0 Å². The molecule has 2 aromatic rings. The maximum absolute atomic E-state index is 13.2. The van der Waals surface area contributed by atoms with Gasteiger partial charge in [0.1, 0.15) is 5.82 Å². The third kappa shape index (κ3) is 3.66. The number of halogens is 1. The fraction of sp³-hybridized carbons (Fsp3) is 0.133. The van der Waals surface area contributed by atoms with Crippen LogP contribution in [0.5, 0.6) is 0 Å². The van der Waals surface area contributed by atoms with E-state index in [1.54, 1.807) is 13.0 Å². The second kappa shape index (κ2) is 5.65. The Hall–Kier alpha value is -2.21. The van der Waals surface area contributed by atoms with Crippen molar-refractivity contribution in [1.29, 1.82) is 0 Å². The fourth-order valence-electron chi connectivity index (χ4n) is 1.78. The van der Waals surface area contributed by atoms with Crippen LogP contribution < -0.4 is 5.32 Å². The summed E-state index contributed by atoms with van der Waals surface area (Å²) < 4.78 is 35.9. The van der Waals surface area contributed by atoms with E-state index in [1.807, 2.05) is 0 Å². The summed E-state index contributed by atoms with van der Waals surface area (Å²) in [4.78, 5) is 12.2. The molecule has 0 heterocycles. The SMILES string of the molecule is Cc1ccc(F)cc1NC(=O)c1ccc(S(C)(=O)=O)cc1. The highest BCUT2D eigenvalue weighted by atomic mass is 32.2. The van der Waals surface area contributed by atoms with E-state index in [0.717, 1.165) is 11.8 Å². The van der Waals surface area contributed by atoms with Crippen molar-refractivity contribution >= 4 is 21.4 Å². The number of aryl methyl sites for hydroxylation is 1. The summed E-state index contributed by atoms with van der Waals surface area (Å²) in [6, 6.07) is 9.67. The van der Waals surface area contributed by atoms with Gasteiger partial charge < -0.3 is 5.32 Å². The van der Waals surface area contributed by atoms with E-state index >= 15 is 0 Å². The molecule has 1 N–H and O–H groups in total. The Morgan fingerprint density at radius 1 is 1.10 bits per heavy atom. The predicted molar refractivity (Wildman–Crippen MR) is 78.6 cm³/mol. The molecule has 0 radical (unpaired) electrons. The van der Waals surface area contributed by atoms with Crippen LogP contribution in [0.1, 0.15) is 15.9 Å². The van der Waals surface area contributed by atoms with Gasteiger partial charge >= 0.3 is 0 Å². The first-order chi connectivity index (χ1) is 9.77. The van der Waals surface area contributed by atoms with Gasteiger partial charge in [-0.25, -0.2) is 12.8 Å². The molecule has 0 saturated carbocycles. The van der Waals surface area contributed by atoms with Gasteiger partial charge in [-0.15, -0.1) is 0 Å². The Balaban J connectivity index is 2.23. The number of hydrogen-bond acceptors (Lipinski definition) is 3. The molecule has 0 fully saturated rings. The summed E-state index contributed by atoms with van der Waals surface area (Å²) >= 11 is 0. The van der Waals surface area contributed by atoms with Crippen molar-refractivity contribution in [3.8, 4) is 0 Å². The summed E-state index contributed by atoms with van der Waals surface area (Å²) in [6.07, 6.45) is 1.10. The van der Waals surface area contributed by atoms with Crippen LogP contribution in [0.4, 0.5) is 10.1 Å². The molecule has 0 atom stereocenters. The molecule has 0 aliphatic rings. The minimum absolute atomic E-state index is 0.140. The molecule has 0 aliphatic carbocycles. The van der Waals surface area contributed by atoms with E-state index in [1.165, 1.54) is 36.4 Å². The number of nitrogens with one attached hydrogen (secondary N) is 1. The van der Waals surface area contributed by atoms with E-state index < -0.39 is 21.6 Å². The topological polar surface area (TPSA) is 63.2 Å². The summed E-state index contributed by atoms with van der Waals surface area (Å²) in [7, 11) is -3.30. The van der Waals surface area contributed by atoms with Crippen molar-refractivity contribution in [3.05, 3.63) is 59.4 Å². The van der Waals surface area contributed by atoms with Crippen molar-refractivity contribution in [2.45, 2.75) is 11.8 Å². The van der Waals surface area contributed by atoms with Crippen LogP contribution in [-0.2, 0) is 9.84 Å². The van der Waals surface area contributed by atoms with E-state index in [2.05, 4.69) is 5.32 Å². The van der Waals surface area contributed by atoms with Crippen LogP contribution in [-0.4, -0.2) is 20.6 Å². The molecule has 2 rings (SSSR count). The molecule has 21 heavy (non-hydrogen) atoms. The van der Waals surface area contributed by atoms with Gasteiger partial charge in [-0.05, 0) is 48.9 Å². The van der Waals surface area contributed by atoms with Crippen molar-refractivity contribution in [2.75, 3.05) is 11.6 Å². The van der Waals surface area contributed by atoms with E-state index in [9.17, 15) is 17.6 Å². The zero-order chi connectivity index (χ0) is 15.6. The Bertz CT molecular complexity index is 783. The van der Waals surface area contributed by atoms with Gasteiger partial charge in [-0.3, -0.25) is 4.79 Å². The number of rotatable bonds is 3.